The van der Waals surface area contributed by atoms with Gasteiger partial charge in [0.2, 0.25) is 5.91 Å². The van der Waals surface area contributed by atoms with E-state index in [-0.39, 0.29) is 17.9 Å². The van der Waals surface area contributed by atoms with Crippen molar-refractivity contribution >= 4 is 12.0 Å². The van der Waals surface area contributed by atoms with E-state index >= 15 is 0 Å². The van der Waals surface area contributed by atoms with Crippen LogP contribution in [0.1, 0.15) is 37.6 Å². The number of hydrogen-bond acceptors (Lipinski definition) is 4. The molecule has 25 heavy (non-hydrogen) atoms. The van der Waals surface area contributed by atoms with Gasteiger partial charge < -0.3 is 19.2 Å². The minimum atomic E-state index is -0.165. The number of ether oxygens (including phenoxy) is 2. The molecule has 3 rings (SSSR count). The molecule has 132 valence electrons. The molecule has 1 aliphatic heterocycles. The van der Waals surface area contributed by atoms with Crippen molar-refractivity contribution in [2.75, 3.05) is 13.2 Å². The molecule has 1 aliphatic rings. The molecule has 0 bridgehead atoms. The molecule has 1 amide bonds. The first-order chi connectivity index (χ1) is 12.1. The number of rotatable bonds is 5. The molecule has 1 aromatic carbocycles. The van der Waals surface area contributed by atoms with Crippen LogP contribution in [0.25, 0.3) is 6.08 Å². The van der Waals surface area contributed by atoms with Gasteiger partial charge in [-0.2, -0.15) is 0 Å². The highest BCUT2D eigenvalue weighted by Gasteiger charge is 2.20. The molecule has 2 heterocycles. The third kappa shape index (κ3) is 4.44. The third-order valence-corrected chi connectivity index (χ3v) is 4.04. The van der Waals surface area contributed by atoms with E-state index in [4.69, 9.17) is 13.9 Å². The Kier molecular flexibility index (Phi) is 5.43. The summed E-state index contributed by atoms with van der Waals surface area (Å²) in [6.45, 7) is 5.45. The maximum atomic E-state index is 12.3. The normalized spacial score (nSPS) is 15.2. The lowest BCUT2D eigenvalue weighted by Crippen LogP contribution is -2.30. The second kappa shape index (κ2) is 7.92. The molecule has 0 saturated heterocycles. The van der Waals surface area contributed by atoms with Crippen molar-refractivity contribution in [2.24, 2.45) is 5.92 Å². The van der Waals surface area contributed by atoms with E-state index in [0.29, 0.717) is 19.0 Å². The Morgan fingerprint density at radius 1 is 1.16 bits per heavy atom. The molecule has 5 nitrogen and oxygen atoms in total. The van der Waals surface area contributed by atoms with Gasteiger partial charge in [0.25, 0.3) is 0 Å². The van der Waals surface area contributed by atoms with E-state index in [1.807, 2.05) is 18.2 Å². The van der Waals surface area contributed by atoms with Gasteiger partial charge in [0, 0.05) is 12.5 Å². The molecule has 0 aliphatic carbocycles. The molecule has 0 radical (unpaired) electrons. The van der Waals surface area contributed by atoms with Crippen LogP contribution < -0.4 is 14.8 Å². The fraction of sp³-hybridized carbons (Fsp3) is 0.350. The molecule has 1 atom stereocenters. The summed E-state index contributed by atoms with van der Waals surface area (Å²) in [5.41, 5.74) is 0.999. The zero-order valence-electron chi connectivity index (χ0n) is 14.5. The Balaban J connectivity index is 1.74. The third-order valence-electron chi connectivity index (χ3n) is 4.04. The molecule has 1 aromatic heterocycles. The molecular weight excluding hydrogens is 318 g/mol. The number of nitrogens with one attached hydrogen (secondary N) is 1. The Hall–Kier alpha value is -2.69. The monoisotopic (exact) mass is 341 g/mol. The topological polar surface area (TPSA) is 60.7 Å². The predicted molar refractivity (Wildman–Crippen MR) is 95.5 cm³/mol. The summed E-state index contributed by atoms with van der Waals surface area (Å²) in [6, 6.07) is 9.32. The summed E-state index contributed by atoms with van der Waals surface area (Å²) in [6.07, 6.45) is 5.58. The highest BCUT2D eigenvalue weighted by atomic mass is 16.5. The summed E-state index contributed by atoms with van der Waals surface area (Å²) in [5, 5.41) is 3.05. The number of benzene rings is 1. The van der Waals surface area contributed by atoms with Crippen molar-refractivity contribution in [3.63, 3.8) is 0 Å². The van der Waals surface area contributed by atoms with Crippen LogP contribution in [0.15, 0.2) is 47.1 Å². The maximum absolute atomic E-state index is 12.3. The average Bonchev–Trinajstić information content (AvgIpc) is 3.01. The van der Waals surface area contributed by atoms with Gasteiger partial charge in [-0.25, -0.2) is 0 Å². The molecule has 0 saturated carbocycles. The first kappa shape index (κ1) is 17.1. The number of carbonyl (C=O) groups is 1. The Morgan fingerprint density at radius 2 is 1.96 bits per heavy atom. The highest BCUT2D eigenvalue weighted by Crippen LogP contribution is 2.34. The average molecular weight is 341 g/mol. The number of furan rings is 1. The van der Waals surface area contributed by atoms with Crippen LogP contribution in [-0.4, -0.2) is 19.1 Å². The summed E-state index contributed by atoms with van der Waals surface area (Å²) >= 11 is 0. The van der Waals surface area contributed by atoms with Crippen LogP contribution in [0.4, 0.5) is 0 Å². The SMILES string of the molecule is CC(C)[C@@H](NC(=O)/C=C/c1ccco1)c1ccc2c(c1)OCCCO2. The Labute approximate surface area is 147 Å². The first-order valence-electron chi connectivity index (χ1n) is 8.55. The Morgan fingerprint density at radius 3 is 2.68 bits per heavy atom. The van der Waals surface area contributed by atoms with Gasteiger partial charge in [0.1, 0.15) is 5.76 Å². The minimum absolute atomic E-state index is 0.120. The number of amides is 1. The summed E-state index contributed by atoms with van der Waals surface area (Å²) in [7, 11) is 0. The highest BCUT2D eigenvalue weighted by molar-refractivity contribution is 5.91. The van der Waals surface area contributed by atoms with Gasteiger partial charge >= 0.3 is 0 Å². The van der Waals surface area contributed by atoms with E-state index in [2.05, 4.69) is 19.2 Å². The maximum Gasteiger partial charge on any atom is 0.244 e. The van der Waals surface area contributed by atoms with Crippen LogP contribution in [-0.2, 0) is 4.79 Å². The van der Waals surface area contributed by atoms with Crippen LogP contribution in [0.3, 0.4) is 0 Å². The van der Waals surface area contributed by atoms with Gasteiger partial charge in [-0.15, -0.1) is 0 Å². The van der Waals surface area contributed by atoms with Gasteiger partial charge in [-0.1, -0.05) is 19.9 Å². The van der Waals surface area contributed by atoms with E-state index < -0.39 is 0 Å². The van der Waals surface area contributed by atoms with E-state index in [1.54, 1.807) is 24.5 Å². The lowest BCUT2D eigenvalue weighted by atomic mass is 9.95. The standard InChI is InChI=1S/C20H23NO4/c1-14(2)20(21-19(22)9-7-16-5-3-10-23-16)15-6-8-17-18(13-15)25-12-4-11-24-17/h3,5-10,13-14,20H,4,11-12H2,1-2H3,(H,21,22)/b9-7+/t20-/m1/s1. The fourth-order valence-corrected chi connectivity index (χ4v) is 2.75. The van der Waals surface area contributed by atoms with Gasteiger partial charge in [0.05, 0.1) is 25.5 Å². The van der Waals surface area contributed by atoms with E-state index in [1.165, 1.54) is 6.08 Å². The molecule has 1 N–H and O–H groups in total. The van der Waals surface area contributed by atoms with Crippen molar-refractivity contribution in [2.45, 2.75) is 26.3 Å². The van der Waals surface area contributed by atoms with E-state index in [0.717, 1.165) is 23.5 Å². The zero-order chi connectivity index (χ0) is 17.6. The van der Waals surface area contributed by atoms with Crippen molar-refractivity contribution in [1.29, 1.82) is 0 Å². The van der Waals surface area contributed by atoms with Gasteiger partial charge in [-0.05, 0) is 41.8 Å². The molecule has 0 fully saturated rings. The number of hydrogen-bond donors (Lipinski definition) is 1. The second-order valence-electron chi connectivity index (χ2n) is 6.34. The van der Waals surface area contributed by atoms with Crippen molar-refractivity contribution < 1.29 is 18.7 Å². The van der Waals surface area contributed by atoms with Gasteiger partial charge in [0.15, 0.2) is 11.5 Å². The molecule has 0 unspecified atom stereocenters. The Bertz CT molecular complexity index is 734. The predicted octanol–water partition coefficient (Wildman–Crippen LogP) is 3.97. The summed E-state index contributed by atoms with van der Waals surface area (Å²) in [5.74, 6) is 2.20. The van der Waals surface area contributed by atoms with Crippen molar-refractivity contribution in [1.82, 2.24) is 5.32 Å². The molecule has 2 aromatic rings. The van der Waals surface area contributed by atoms with Crippen molar-refractivity contribution in [3.8, 4) is 11.5 Å². The first-order valence-corrected chi connectivity index (χ1v) is 8.55. The number of fused-ring (bicyclic) bond motifs is 1. The largest absolute Gasteiger partial charge is 0.490 e. The second-order valence-corrected chi connectivity index (χ2v) is 6.34. The smallest absolute Gasteiger partial charge is 0.244 e. The fourth-order valence-electron chi connectivity index (χ4n) is 2.75. The lowest BCUT2D eigenvalue weighted by molar-refractivity contribution is -0.117. The summed E-state index contributed by atoms with van der Waals surface area (Å²) < 4.78 is 16.6. The van der Waals surface area contributed by atoms with E-state index in [9.17, 15) is 4.79 Å². The molecule has 0 spiro atoms. The quantitative estimate of drug-likeness (QED) is 0.836. The number of carbonyl (C=O) groups excluding carboxylic acids is 1. The zero-order valence-corrected chi connectivity index (χ0v) is 14.5. The minimum Gasteiger partial charge on any atom is -0.490 e. The lowest BCUT2D eigenvalue weighted by Gasteiger charge is -2.23. The van der Waals surface area contributed by atoms with Crippen LogP contribution in [0.5, 0.6) is 11.5 Å². The molecular formula is C20H23NO4. The van der Waals surface area contributed by atoms with Crippen LogP contribution in [0, 0.1) is 5.92 Å². The van der Waals surface area contributed by atoms with Crippen LogP contribution in [0.2, 0.25) is 0 Å². The molecule has 5 heteroatoms. The summed E-state index contributed by atoms with van der Waals surface area (Å²) in [4.78, 5) is 12.3. The van der Waals surface area contributed by atoms with Crippen LogP contribution >= 0.6 is 0 Å². The van der Waals surface area contributed by atoms with Crippen molar-refractivity contribution in [3.05, 3.63) is 54.0 Å². The van der Waals surface area contributed by atoms with Gasteiger partial charge in [-0.3, -0.25) is 4.79 Å².